The van der Waals surface area contributed by atoms with Gasteiger partial charge in [-0.2, -0.15) is 10.2 Å². The molecule has 6 rings (SSSR count). The smallest absolute Gasteiger partial charge is 0.240 e. The Morgan fingerprint density at radius 1 is 1.21 bits per heavy atom. The van der Waals surface area contributed by atoms with Gasteiger partial charge in [-0.3, -0.25) is 19.7 Å². The molecule has 0 aromatic carbocycles. The fraction of sp³-hybridized carbons (Fsp3) is 0.500. The van der Waals surface area contributed by atoms with Gasteiger partial charge in [0.05, 0.1) is 65.4 Å². The second-order valence-corrected chi connectivity index (χ2v) is 10.3. The average Bonchev–Trinajstić information content (AvgIpc) is 3.53. The fourth-order valence-electron chi connectivity index (χ4n) is 5.44. The molecule has 0 radical (unpaired) electrons. The molecule has 11 nitrogen and oxygen atoms in total. The van der Waals surface area contributed by atoms with Gasteiger partial charge in [-0.1, -0.05) is 6.92 Å². The van der Waals surface area contributed by atoms with E-state index in [2.05, 4.69) is 35.0 Å². The first-order valence-electron chi connectivity index (χ1n) is 13.8. The number of fused-ring (bicyclic) bond motifs is 4. The molecular formula is C28H36N8O3. The first kappa shape index (κ1) is 25.6. The molecule has 2 bridgehead atoms. The highest BCUT2D eigenvalue weighted by Crippen LogP contribution is 2.37. The van der Waals surface area contributed by atoms with Crippen LogP contribution in [0.25, 0.3) is 34.3 Å². The van der Waals surface area contributed by atoms with Gasteiger partial charge in [-0.25, -0.2) is 4.68 Å². The van der Waals surface area contributed by atoms with Crippen LogP contribution in [-0.2, 0) is 26.6 Å². The second kappa shape index (κ2) is 10.5. The number of hydrogen-bond donors (Lipinski definition) is 2. The summed E-state index contributed by atoms with van der Waals surface area (Å²) in [5, 5.41) is 28.0. The molecule has 0 spiro atoms. The molecule has 1 atom stereocenters. The van der Waals surface area contributed by atoms with Crippen LogP contribution in [0.15, 0.2) is 12.3 Å². The lowest BCUT2D eigenvalue weighted by Crippen LogP contribution is -2.36. The Morgan fingerprint density at radius 3 is 2.79 bits per heavy atom. The second-order valence-electron chi connectivity index (χ2n) is 10.3. The van der Waals surface area contributed by atoms with E-state index in [1.54, 1.807) is 0 Å². The van der Waals surface area contributed by atoms with Crippen LogP contribution in [-0.4, -0.2) is 76.7 Å². The molecule has 2 aliphatic rings. The van der Waals surface area contributed by atoms with E-state index in [4.69, 9.17) is 24.7 Å². The van der Waals surface area contributed by atoms with Crippen LogP contribution < -0.4 is 9.47 Å². The predicted octanol–water partition coefficient (Wildman–Crippen LogP) is 3.42. The third-order valence-electron chi connectivity index (χ3n) is 7.42. The molecule has 2 N–H and O–H groups in total. The van der Waals surface area contributed by atoms with Crippen molar-refractivity contribution in [3.8, 4) is 23.0 Å². The molecule has 1 aliphatic carbocycles. The molecule has 0 saturated heterocycles. The van der Waals surface area contributed by atoms with Crippen LogP contribution in [0.3, 0.4) is 0 Å². The number of hydrogen-bond acceptors (Lipinski definition) is 8. The first-order valence-corrected chi connectivity index (χ1v) is 13.8. The topological polar surface area (TPSA) is 119 Å². The lowest BCUT2D eigenvalue weighted by atomic mass is 10.1. The number of aliphatic hydroxyl groups is 1. The van der Waals surface area contributed by atoms with E-state index in [1.807, 2.05) is 41.7 Å². The highest BCUT2D eigenvalue weighted by molar-refractivity contribution is 5.92. The van der Waals surface area contributed by atoms with Crippen LogP contribution in [0.4, 0.5) is 0 Å². The van der Waals surface area contributed by atoms with Crippen LogP contribution in [0, 0.1) is 0 Å². The van der Waals surface area contributed by atoms with Crippen molar-refractivity contribution in [3.63, 3.8) is 0 Å². The van der Waals surface area contributed by atoms with Gasteiger partial charge < -0.3 is 14.6 Å². The molecule has 39 heavy (non-hydrogen) atoms. The van der Waals surface area contributed by atoms with Crippen LogP contribution in [0.2, 0.25) is 0 Å². The van der Waals surface area contributed by atoms with Gasteiger partial charge in [0.1, 0.15) is 6.10 Å². The van der Waals surface area contributed by atoms with E-state index in [0.717, 1.165) is 76.5 Å². The minimum Gasteiger partial charge on any atom is -0.476 e. The number of nitrogens with one attached hydrogen (secondary N) is 1. The van der Waals surface area contributed by atoms with E-state index >= 15 is 0 Å². The quantitative estimate of drug-likeness (QED) is 0.388. The van der Waals surface area contributed by atoms with E-state index in [9.17, 15) is 5.11 Å². The van der Waals surface area contributed by atoms with E-state index in [-0.39, 0.29) is 12.7 Å². The molecule has 206 valence electrons. The third kappa shape index (κ3) is 4.80. The zero-order valence-electron chi connectivity index (χ0n) is 23.0. The summed E-state index contributed by atoms with van der Waals surface area (Å²) in [6.07, 6.45) is 8.84. The zero-order valence-corrected chi connectivity index (χ0v) is 23.0. The zero-order chi connectivity index (χ0) is 27.1. The SMILES string of the molecule is CCOc1nn(CCO)c2c1/C=C/c1n[nH]c3cnc(cc13)-c1c(CC)nn(C)c1O[C@@H](C)CN(C1CC1)C2. The van der Waals surface area contributed by atoms with Gasteiger partial charge in [0.2, 0.25) is 11.8 Å². The molecule has 0 unspecified atom stereocenters. The van der Waals surface area contributed by atoms with Crippen LogP contribution >= 0.6 is 0 Å². The third-order valence-corrected chi connectivity index (χ3v) is 7.42. The maximum Gasteiger partial charge on any atom is 0.240 e. The van der Waals surface area contributed by atoms with E-state index < -0.39 is 0 Å². The predicted molar refractivity (Wildman–Crippen MR) is 148 cm³/mol. The number of H-pyrrole nitrogens is 1. The summed E-state index contributed by atoms with van der Waals surface area (Å²) in [4.78, 5) is 7.24. The Morgan fingerprint density at radius 2 is 2.05 bits per heavy atom. The Kier molecular flexibility index (Phi) is 6.86. The van der Waals surface area contributed by atoms with Crippen molar-refractivity contribution in [1.82, 2.24) is 39.6 Å². The van der Waals surface area contributed by atoms with Crippen molar-refractivity contribution in [2.45, 2.75) is 65.3 Å². The molecule has 4 aromatic heterocycles. The highest BCUT2D eigenvalue weighted by Gasteiger charge is 2.33. The summed E-state index contributed by atoms with van der Waals surface area (Å²) >= 11 is 0. The fourth-order valence-corrected chi connectivity index (χ4v) is 5.44. The number of aromatic nitrogens is 7. The monoisotopic (exact) mass is 532 g/mol. The summed E-state index contributed by atoms with van der Waals surface area (Å²) in [7, 11) is 1.93. The molecule has 1 fully saturated rings. The molecule has 1 saturated carbocycles. The van der Waals surface area contributed by atoms with Crippen molar-refractivity contribution in [3.05, 3.63) is 34.9 Å². The van der Waals surface area contributed by atoms with Gasteiger partial charge in [0.25, 0.3) is 0 Å². The summed E-state index contributed by atoms with van der Waals surface area (Å²) in [6.45, 7) is 8.46. The molecule has 0 amide bonds. The number of aromatic amines is 1. The van der Waals surface area contributed by atoms with Crippen molar-refractivity contribution >= 4 is 23.1 Å². The number of rotatable bonds is 6. The van der Waals surface area contributed by atoms with Gasteiger partial charge in [-0.05, 0) is 51.3 Å². The van der Waals surface area contributed by atoms with Gasteiger partial charge in [0.15, 0.2) is 0 Å². The largest absolute Gasteiger partial charge is 0.476 e. The summed E-state index contributed by atoms with van der Waals surface area (Å²) in [6, 6.07) is 2.54. The minimum atomic E-state index is -0.0950. The standard InChI is InChI=1S/C28H36N8O3/c1-5-21-26-23-13-20-22(30-31-24(20)14-29-23)10-9-19-25(36(11-12-37)33-27(19)38-6-2)16-35(18-7-8-18)15-17(3)39-28(26)34(4)32-21/h9-10,13-14,17-18,37H,5-8,11-12,15-16H2,1-4H3,(H,30,31)/b10-9+/t17-/m0/s1. The molecule has 4 aromatic rings. The highest BCUT2D eigenvalue weighted by atomic mass is 16.5. The van der Waals surface area contributed by atoms with Gasteiger partial charge in [0, 0.05) is 31.6 Å². The van der Waals surface area contributed by atoms with E-state index in [0.29, 0.717) is 31.6 Å². The van der Waals surface area contributed by atoms with Crippen LogP contribution in [0.1, 0.15) is 56.3 Å². The Balaban J connectivity index is 1.55. The number of aliphatic hydroxyl groups excluding tert-OH is 1. The summed E-state index contributed by atoms with van der Waals surface area (Å²) < 4.78 is 16.3. The Hall–Kier alpha value is -3.70. The van der Waals surface area contributed by atoms with Crippen molar-refractivity contribution in [2.24, 2.45) is 7.05 Å². The number of aryl methyl sites for hydroxylation is 2. The van der Waals surface area contributed by atoms with Crippen molar-refractivity contribution < 1.29 is 14.6 Å². The maximum atomic E-state index is 9.81. The minimum absolute atomic E-state index is 0.00481. The Bertz CT molecular complexity index is 1510. The van der Waals surface area contributed by atoms with Gasteiger partial charge in [-0.15, -0.1) is 5.10 Å². The van der Waals surface area contributed by atoms with Crippen molar-refractivity contribution in [2.75, 3.05) is 19.8 Å². The molecule has 11 heteroatoms. The molecule has 5 heterocycles. The molecular weight excluding hydrogens is 496 g/mol. The first-order chi connectivity index (χ1) is 19.0. The summed E-state index contributed by atoms with van der Waals surface area (Å²) in [5.74, 6) is 1.29. The van der Waals surface area contributed by atoms with Crippen molar-refractivity contribution in [1.29, 1.82) is 0 Å². The molecule has 1 aliphatic heterocycles. The maximum absolute atomic E-state index is 9.81. The lowest BCUT2D eigenvalue weighted by Gasteiger charge is -2.27. The number of nitrogens with zero attached hydrogens (tertiary/aromatic N) is 7. The Labute approximate surface area is 227 Å². The summed E-state index contributed by atoms with van der Waals surface area (Å²) in [5.41, 5.74) is 6.25. The number of ether oxygens (including phenoxy) is 2. The van der Waals surface area contributed by atoms with Gasteiger partial charge >= 0.3 is 0 Å². The number of pyridine rings is 1. The van der Waals surface area contributed by atoms with Crippen LogP contribution in [0.5, 0.6) is 11.8 Å². The van der Waals surface area contributed by atoms with E-state index in [1.165, 1.54) is 0 Å². The average molecular weight is 533 g/mol. The normalized spacial score (nSPS) is 18.8. The lowest BCUT2D eigenvalue weighted by molar-refractivity contribution is 0.125.